The maximum Gasteiger partial charge on any atom is 0.343 e. The Morgan fingerprint density at radius 3 is 1.56 bits per heavy atom. The van der Waals surface area contributed by atoms with Crippen molar-refractivity contribution in [1.29, 1.82) is 0 Å². The summed E-state index contributed by atoms with van der Waals surface area (Å²) in [6, 6.07) is 11.4. The molecule has 0 spiro atoms. The van der Waals surface area contributed by atoms with Gasteiger partial charge in [-0.2, -0.15) is 0 Å². The van der Waals surface area contributed by atoms with Gasteiger partial charge in [0.25, 0.3) is 0 Å². The number of aromatic nitrogens is 2. The van der Waals surface area contributed by atoms with Crippen LogP contribution in [-0.2, 0) is 31.9 Å². The molecule has 0 N–H and O–H groups in total. The lowest BCUT2D eigenvalue weighted by molar-refractivity contribution is -0.143. The molecule has 0 atom stereocenters. The summed E-state index contributed by atoms with van der Waals surface area (Å²) in [7, 11) is 2.65. The minimum atomic E-state index is -0.454. The van der Waals surface area contributed by atoms with E-state index in [9.17, 15) is 9.59 Å². The van der Waals surface area contributed by atoms with Crippen molar-refractivity contribution < 1.29 is 28.5 Å². The molecular weight excluding hydrogens is 436 g/mol. The number of para-hydroxylation sites is 2. The van der Waals surface area contributed by atoms with Gasteiger partial charge in [-0.1, -0.05) is 24.3 Å². The van der Waals surface area contributed by atoms with Gasteiger partial charge in [0, 0.05) is 23.6 Å². The molecule has 2 aromatic heterocycles. The second-order valence-electron chi connectivity index (χ2n) is 8.22. The lowest BCUT2D eigenvalue weighted by Crippen LogP contribution is -2.13. The maximum atomic E-state index is 11.6. The number of esters is 2. The Bertz CT molecular complexity index is 1410. The average Bonchev–Trinajstić information content (AvgIpc) is 3.78. The quantitative estimate of drug-likeness (QED) is 0.338. The first kappa shape index (κ1) is 20.4. The van der Waals surface area contributed by atoms with E-state index in [4.69, 9.17) is 28.9 Å². The van der Waals surface area contributed by atoms with E-state index < -0.39 is 11.9 Å². The largest absolute Gasteiger partial charge is 0.480 e. The summed E-state index contributed by atoms with van der Waals surface area (Å²) >= 11 is 0. The molecule has 6 rings (SSSR count). The number of rotatable bonds is 7. The number of ether oxygens (including phenoxy) is 4. The molecule has 2 aliphatic carbocycles. The van der Waals surface area contributed by atoms with Crippen LogP contribution in [0.25, 0.3) is 33.2 Å². The molecule has 8 heteroatoms. The zero-order valence-electron chi connectivity index (χ0n) is 18.6. The normalized spacial score (nSPS) is 12.6. The highest BCUT2D eigenvalue weighted by Gasteiger charge is 2.34. The molecule has 0 radical (unpaired) electrons. The molecule has 34 heavy (non-hydrogen) atoms. The van der Waals surface area contributed by atoms with Gasteiger partial charge < -0.3 is 18.9 Å². The third-order valence-electron chi connectivity index (χ3n) is 6.22. The van der Waals surface area contributed by atoms with E-state index >= 15 is 0 Å². The summed E-state index contributed by atoms with van der Waals surface area (Å²) in [5.74, 6) is 0.152. The van der Waals surface area contributed by atoms with Gasteiger partial charge in [0.05, 0.1) is 25.6 Å². The molecular formula is C26H20N2O6. The molecule has 0 fully saturated rings. The van der Waals surface area contributed by atoms with Gasteiger partial charge in [-0.25, -0.2) is 19.6 Å². The maximum absolute atomic E-state index is 11.6. The van der Waals surface area contributed by atoms with Gasteiger partial charge in [-0.15, -0.1) is 0 Å². The van der Waals surface area contributed by atoms with Crippen molar-refractivity contribution >= 4 is 33.7 Å². The molecule has 170 valence electrons. The number of fused-ring (bicyclic) bond motifs is 6. The molecule has 4 aromatic rings. The van der Waals surface area contributed by atoms with Gasteiger partial charge in [-0.05, 0) is 34.4 Å². The first-order chi connectivity index (χ1) is 16.6. The van der Waals surface area contributed by atoms with E-state index in [2.05, 4.69) is 0 Å². The van der Waals surface area contributed by atoms with Crippen LogP contribution >= 0.6 is 0 Å². The fourth-order valence-electron chi connectivity index (χ4n) is 4.37. The number of carbonyl (C=O) groups excluding carboxylic acids is 2. The van der Waals surface area contributed by atoms with Gasteiger partial charge >= 0.3 is 11.9 Å². The number of methoxy groups -OCH3 is 2. The van der Waals surface area contributed by atoms with E-state index in [1.807, 2.05) is 24.3 Å². The summed E-state index contributed by atoms with van der Waals surface area (Å²) in [4.78, 5) is 33.1. The number of carbonyl (C=O) groups is 2. The second kappa shape index (κ2) is 7.69. The van der Waals surface area contributed by atoms with Crippen LogP contribution in [-0.4, -0.2) is 49.3 Å². The standard InChI is InChI=1S/C26H20N2O6/c1-31-21(29)11-33-19-7-3-5-13-15-9-17(15)25(27-23(13)19)26-18-10-16(18)14-6-4-8-20(24(14)28-26)34-12-22(30)32-2/h3-8H,9-12H2,1-2H3. The summed E-state index contributed by atoms with van der Waals surface area (Å²) in [6.07, 6.45) is 1.67. The van der Waals surface area contributed by atoms with E-state index in [1.165, 1.54) is 36.5 Å². The van der Waals surface area contributed by atoms with E-state index in [0.29, 0.717) is 22.5 Å². The van der Waals surface area contributed by atoms with Gasteiger partial charge in [0.15, 0.2) is 13.2 Å². The predicted molar refractivity (Wildman–Crippen MR) is 123 cm³/mol. The monoisotopic (exact) mass is 456 g/mol. The van der Waals surface area contributed by atoms with E-state index in [1.54, 1.807) is 12.1 Å². The van der Waals surface area contributed by atoms with Crippen LogP contribution in [0.5, 0.6) is 11.5 Å². The molecule has 0 bridgehead atoms. The Kier molecular flexibility index (Phi) is 4.62. The third kappa shape index (κ3) is 3.30. The molecule has 0 unspecified atom stereocenters. The molecule has 2 aromatic carbocycles. The number of hydrogen-bond donors (Lipinski definition) is 0. The van der Waals surface area contributed by atoms with Crippen LogP contribution in [0.4, 0.5) is 0 Å². The van der Waals surface area contributed by atoms with Gasteiger partial charge in [-0.3, -0.25) is 0 Å². The zero-order valence-corrected chi connectivity index (χ0v) is 18.6. The zero-order chi connectivity index (χ0) is 23.4. The number of benzene rings is 2. The fourth-order valence-corrected chi connectivity index (χ4v) is 4.37. The van der Waals surface area contributed by atoms with Crippen LogP contribution < -0.4 is 9.47 Å². The lowest BCUT2D eigenvalue weighted by Gasteiger charge is -2.10. The summed E-state index contributed by atoms with van der Waals surface area (Å²) in [5.41, 5.74) is 7.83. The van der Waals surface area contributed by atoms with Crippen LogP contribution in [0.15, 0.2) is 36.4 Å². The summed E-state index contributed by atoms with van der Waals surface area (Å²) < 4.78 is 20.8. The Morgan fingerprint density at radius 1 is 0.706 bits per heavy atom. The number of nitrogens with zero attached hydrogens (tertiary/aromatic N) is 2. The minimum absolute atomic E-state index is 0.186. The fraction of sp³-hybridized carbons (Fsp3) is 0.231. The van der Waals surface area contributed by atoms with Crippen LogP contribution in [0.2, 0.25) is 0 Å². The Morgan fingerprint density at radius 2 is 1.15 bits per heavy atom. The van der Waals surface area contributed by atoms with Crippen LogP contribution in [0.3, 0.4) is 0 Å². The van der Waals surface area contributed by atoms with Crippen molar-refractivity contribution in [3.63, 3.8) is 0 Å². The predicted octanol–water partition coefficient (Wildman–Crippen LogP) is 3.36. The lowest BCUT2D eigenvalue weighted by atomic mass is 10.1. The first-order valence-corrected chi connectivity index (χ1v) is 10.9. The van der Waals surface area contributed by atoms with Crippen molar-refractivity contribution in [2.75, 3.05) is 27.4 Å². The molecule has 0 saturated carbocycles. The first-order valence-electron chi connectivity index (χ1n) is 10.9. The molecule has 0 saturated heterocycles. The number of hydrogen-bond acceptors (Lipinski definition) is 8. The van der Waals surface area contributed by atoms with Crippen LogP contribution in [0, 0.1) is 0 Å². The van der Waals surface area contributed by atoms with Gasteiger partial charge in [0.1, 0.15) is 22.5 Å². The second-order valence-corrected chi connectivity index (χ2v) is 8.22. The SMILES string of the molecule is COC(=O)COc1cccc2c3c(c(-c4nc5c(OCC(=O)OC)cccc5c5c4C5)nc12)C3. The Labute approximate surface area is 194 Å². The average molecular weight is 456 g/mol. The highest BCUT2D eigenvalue weighted by atomic mass is 16.6. The molecule has 2 aliphatic rings. The Hall–Kier alpha value is -4.20. The van der Waals surface area contributed by atoms with E-state index in [0.717, 1.165) is 35.0 Å². The molecule has 8 nitrogen and oxygen atoms in total. The Balaban J connectivity index is 1.46. The van der Waals surface area contributed by atoms with Crippen molar-refractivity contribution in [2.24, 2.45) is 0 Å². The van der Waals surface area contributed by atoms with Crippen LogP contribution in [0.1, 0.15) is 22.3 Å². The number of pyridine rings is 2. The summed E-state index contributed by atoms with van der Waals surface area (Å²) in [6.45, 7) is -0.373. The summed E-state index contributed by atoms with van der Waals surface area (Å²) in [5, 5.41) is 2.04. The van der Waals surface area contributed by atoms with E-state index in [-0.39, 0.29) is 13.2 Å². The minimum Gasteiger partial charge on any atom is -0.480 e. The van der Waals surface area contributed by atoms with Crippen molar-refractivity contribution in [2.45, 2.75) is 12.8 Å². The van der Waals surface area contributed by atoms with Crippen molar-refractivity contribution in [1.82, 2.24) is 9.97 Å². The smallest absolute Gasteiger partial charge is 0.343 e. The molecule has 0 amide bonds. The highest BCUT2D eigenvalue weighted by molar-refractivity contribution is 5.99. The topological polar surface area (TPSA) is 96.8 Å². The van der Waals surface area contributed by atoms with Crippen molar-refractivity contribution in [3.8, 4) is 22.9 Å². The third-order valence-corrected chi connectivity index (χ3v) is 6.22. The van der Waals surface area contributed by atoms with Crippen molar-refractivity contribution in [3.05, 3.63) is 58.7 Å². The van der Waals surface area contributed by atoms with Gasteiger partial charge in [0.2, 0.25) is 0 Å². The molecule has 0 aliphatic heterocycles. The highest BCUT2D eigenvalue weighted by Crippen LogP contribution is 2.48. The molecule has 2 heterocycles.